The molecule has 1 atom stereocenters. The summed E-state index contributed by atoms with van der Waals surface area (Å²) < 4.78 is 0.940. The second-order valence-corrected chi connectivity index (χ2v) is 7.91. The predicted molar refractivity (Wildman–Crippen MR) is 111 cm³/mol. The highest BCUT2D eigenvalue weighted by atomic mass is 79.9. The van der Waals surface area contributed by atoms with E-state index in [-0.39, 0.29) is 30.1 Å². The van der Waals surface area contributed by atoms with Gasteiger partial charge < -0.3 is 15.1 Å². The van der Waals surface area contributed by atoms with E-state index in [0.717, 1.165) is 15.7 Å². The molecule has 1 heterocycles. The maximum atomic E-state index is 12.5. The second kappa shape index (κ2) is 8.56. The van der Waals surface area contributed by atoms with Crippen molar-refractivity contribution in [2.24, 2.45) is 5.92 Å². The highest BCUT2D eigenvalue weighted by molar-refractivity contribution is 9.10. The summed E-state index contributed by atoms with van der Waals surface area (Å²) in [5.74, 6) is -0.616. The first-order chi connectivity index (χ1) is 13.3. The van der Waals surface area contributed by atoms with Gasteiger partial charge in [-0.15, -0.1) is 0 Å². The minimum atomic E-state index is -0.370. The molecule has 1 saturated heterocycles. The highest BCUT2D eigenvalue weighted by Gasteiger charge is 2.34. The summed E-state index contributed by atoms with van der Waals surface area (Å²) in [5, 5.41) is 2.89. The van der Waals surface area contributed by atoms with Gasteiger partial charge in [0.25, 0.3) is 5.91 Å². The number of halogens is 1. The quantitative estimate of drug-likeness (QED) is 0.771. The third-order valence-electron chi connectivity index (χ3n) is 4.71. The van der Waals surface area contributed by atoms with Crippen LogP contribution < -0.4 is 10.2 Å². The maximum absolute atomic E-state index is 12.5. The minimum absolute atomic E-state index is 0.0472. The Morgan fingerprint density at radius 2 is 1.75 bits per heavy atom. The molecule has 1 aliphatic heterocycles. The van der Waals surface area contributed by atoms with Gasteiger partial charge in [0, 0.05) is 49.3 Å². The number of carbonyl (C=O) groups is 3. The molecule has 146 valence electrons. The number of rotatable bonds is 5. The Morgan fingerprint density at radius 1 is 1.11 bits per heavy atom. The van der Waals surface area contributed by atoms with E-state index < -0.39 is 0 Å². The molecule has 0 bridgehead atoms. The van der Waals surface area contributed by atoms with Gasteiger partial charge in [0.05, 0.1) is 5.92 Å². The minimum Gasteiger partial charge on any atom is -0.352 e. The van der Waals surface area contributed by atoms with Crippen LogP contribution in [0.3, 0.4) is 0 Å². The van der Waals surface area contributed by atoms with Crippen LogP contribution in [0.15, 0.2) is 53.0 Å². The van der Waals surface area contributed by atoms with Crippen molar-refractivity contribution in [3.63, 3.8) is 0 Å². The van der Waals surface area contributed by atoms with Crippen LogP contribution in [0.2, 0.25) is 0 Å². The number of anilines is 1. The van der Waals surface area contributed by atoms with Crippen LogP contribution in [0.1, 0.15) is 22.3 Å². The van der Waals surface area contributed by atoms with Crippen LogP contribution >= 0.6 is 15.9 Å². The monoisotopic (exact) mass is 443 g/mol. The Morgan fingerprint density at radius 3 is 2.36 bits per heavy atom. The summed E-state index contributed by atoms with van der Waals surface area (Å²) in [6, 6.07) is 14.6. The number of hydrogen-bond acceptors (Lipinski definition) is 3. The van der Waals surface area contributed by atoms with E-state index in [1.54, 1.807) is 31.1 Å². The van der Waals surface area contributed by atoms with Crippen LogP contribution in [-0.2, 0) is 16.1 Å². The van der Waals surface area contributed by atoms with Gasteiger partial charge in [-0.25, -0.2) is 0 Å². The lowest BCUT2D eigenvalue weighted by atomic mass is 10.1. The van der Waals surface area contributed by atoms with Gasteiger partial charge in [-0.1, -0.05) is 28.1 Å². The van der Waals surface area contributed by atoms with Crippen LogP contribution in [-0.4, -0.2) is 43.3 Å². The molecule has 0 radical (unpaired) electrons. The molecule has 1 unspecified atom stereocenters. The zero-order valence-corrected chi connectivity index (χ0v) is 17.4. The lowest BCUT2D eigenvalue weighted by molar-refractivity contribution is -0.126. The third-order valence-corrected chi connectivity index (χ3v) is 5.24. The number of nitrogens with zero attached hydrogens (tertiary/aromatic N) is 2. The lowest BCUT2D eigenvalue weighted by Gasteiger charge is -2.17. The normalized spacial score (nSPS) is 16.2. The largest absolute Gasteiger partial charge is 0.352 e. The SMILES string of the molecule is CN(C)C(=O)c1ccc(CNC(=O)C2CC(=O)N(c3ccc(Br)cc3)C2)cc1. The molecule has 1 fully saturated rings. The van der Waals surface area contributed by atoms with Crippen LogP contribution in [0.4, 0.5) is 5.69 Å². The molecular weight excluding hydrogens is 422 g/mol. The first-order valence-corrected chi connectivity index (χ1v) is 9.78. The van der Waals surface area contributed by atoms with Gasteiger partial charge in [0.15, 0.2) is 0 Å². The fraction of sp³-hybridized carbons (Fsp3) is 0.286. The number of hydrogen-bond donors (Lipinski definition) is 1. The summed E-state index contributed by atoms with van der Waals surface area (Å²) in [6.07, 6.45) is 0.207. The Bertz CT molecular complexity index is 879. The molecule has 0 spiro atoms. The van der Waals surface area contributed by atoms with E-state index in [9.17, 15) is 14.4 Å². The summed E-state index contributed by atoms with van der Waals surface area (Å²) >= 11 is 3.38. The van der Waals surface area contributed by atoms with E-state index in [1.807, 2.05) is 36.4 Å². The maximum Gasteiger partial charge on any atom is 0.253 e. The Hall–Kier alpha value is -2.67. The Kier molecular flexibility index (Phi) is 6.14. The van der Waals surface area contributed by atoms with E-state index >= 15 is 0 Å². The number of carbonyl (C=O) groups excluding carboxylic acids is 3. The molecule has 1 N–H and O–H groups in total. The van der Waals surface area contributed by atoms with E-state index in [0.29, 0.717) is 18.7 Å². The molecule has 0 saturated carbocycles. The number of benzene rings is 2. The van der Waals surface area contributed by atoms with Crippen LogP contribution in [0, 0.1) is 5.92 Å². The first-order valence-electron chi connectivity index (χ1n) is 8.99. The van der Waals surface area contributed by atoms with Crippen molar-refractivity contribution in [1.29, 1.82) is 0 Å². The molecule has 3 amide bonds. The van der Waals surface area contributed by atoms with Gasteiger partial charge >= 0.3 is 0 Å². The molecular formula is C21H22BrN3O3. The Labute approximate surface area is 172 Å². The van der Waals surface area contributed by atoms with Crippen LogP contribution in [0.5, 0.6) is 0 Å². The van der Waals surface area contributed by atoms with Gasteiger partial charge in [-0.2, -0.15) is 0 Å². The van der Waals surface area contributed by atoms with E-state index in [1.165, 1.54) is 4.90 Å². The smallest absolute Gasteiger partial charge is 0.253 e. The molecule has 6 nitrogen and oxygen atoms in total. The third kappa shape index (κ3) is 4.59. The van der Waals surface area contributed by atoms with E-state index in [4.69, 9.17) is 0 Å². The summed E-state index contributed by atoms with van der Waals surface area (Å²) in [7, 11) is 3.41. The summed E-state index contributed by atoms with van der Waals surface area (Å²) in [6.45, 7) is 0.737. The second-order valence-electron chi connectivity index (χ2n) is 7.00. The van der Waals surface area contributed by atoms with E-state index in [2.05, 4.69) is 21.2 Å². The topological polar surface area (TPSA) is 69.7 Å². The van der Waals surface area contributed by atoms with Gasteiger partial charge in [0.1, 0.15) is 0 Å². The fourth-order valence-electron chi connectivity index (χ4n) is 3.11. The zero-order chi connectivity index (χ0) is 20.3. The molecule has 1 aliphatic rings. The van der Waals surface area contributed by atoms with Crippen molar-refractivity contribution in [2.75, 3.05) is 25.5 Å². The molecule has 28 heavy (non-hydrogen) atoms. The first kappa shape index (κ1) is 20.1. The highest BCUT2D eigenvalue weighted by Crippen LogP contribution is 2.26. The molecule has 2 aromatic rings. The van der Waals surface area contributed by atoms with Crippen molar-refractivity contribution in [3.8, 4) is 0 Å². The lowest BCUT2D eigenvalue weighted by Crippen LogP contribution is -2.32. The van der Waals surface area contributed by atoms with Gasteiger partial charge in [-0.3, -0.25) is 14.4 Å². The molecule has 2 aromatic carbocycles. The summed E-state index contributed by atoms with van der Waals surface area (Å²) in [4.78, 5) is 39.9. The molecule has 7 heteroatoms. The average Bonchev–Trinajstić information content (AvgIpc) is 3.08. The van der Waals surface area contributed by atoms with Gasteiger partial charge in [-0.05, 0) is 42.0 Å². The van der Waals surface area contributed by atoms with Crippen molar-refractivity contribution >= 4 is 39.3 Å². The van der Waals surface area contributed by atoms with Crippen LogP contribution in [0.25, 0.3) is 0 Å². The number of amides is 3. The summed E-state index contributed by atoms with van der Waals surface area (Å²) in [5.41, 5.74) is 2.30. The fourth-order valence-corrected chi connectivity index (χ4v) is 3.37. The molecule has 0 aromatic heterocycles. The van der Waals surface area contributed by atoms with Gasteiger partial charge in [0.2, 0.25) is 11.8 Å². The van der Waals surface area contributed by atoms with Crippen molar-refractivity contribution in [3.05, 3.63) is 64.1 Å². The van der Waals surface area contributed by atoms with Crippen molar-refractivity contribution < 1.29 is 14.4 Å². The number of nitrogens with one attached hydrogen (secondary N) is 1. The average molecular weight is 444 g/mol. The molecule has 3 rings (SSSR count). The van der Waals surface area contributed by atoms with Crippen molar-refractivity contribution in [1.82, 2.24) is 10.2 Å². The standard InChI is InChI=1S/C21H22BrN3O3/c1-24(2)21(28)15-5-3-14(4-6-15)12-23-20(27)16-11-19(26)25(13-16)18-9-7-17(22)8-10-18/h3-10,16H,11-13H2,1-2H3,(H,23,27). The zero-order valence-electron chi connectivity index (χ0n) is 15.8. The molecule has 0 aliphatic carbocycles. The Balaban J connectivity index is 1.56. The van der Waals surface area contributed by atoms with Crippen molar-refractivity contribution in [2.45, 2.75) is 13.0 Å². The predicted octanol–water partition coefficient (Wildman–Crippen LogP) is 2.82.